The molecule has 0 atom stereocenters. The van der Waals surface area contributed by atoms with E-state index in [1.54, 1.807) is 0 Å². The second-order valence-electron chi connectivity index (χ2n) is 8.22. The van der Waals surface area contributed by atoms with Crippen molar-refractivity contribution in [2.75, 3.05) is 5.32 Å². The molecule has 0 unspecified atom stereocenters. The number of aromatic nitrogens is 1. The van der Waals surface area contributed by atoms with Crippen LogP contribution in [-0.2, 0) is 27.9 Å². The Kier molecular flexibility index (Phi) is 6.67. The molecule has 34 heavy (non-hydrogen) atoms. The van der Waals surface area contributed by atoms with Crippen LogP contribution in [0.5, 0.6) is 0 Å². The number of fused-ring (bicyclic) bond motifs is 1. The molecule has 8 nitrogen and oxygen atoms in total. The highest BCUT2D eigenvalue weighted by Crippen LogP contribution is 2.20. The number of anilines is 1. The number of benzene rings is 3. The first-order valence-corrected chi connectivity index (χ1v) is 12.3. The maximum absolute atomic E-state index is 12.7. The van der Waals surface area contributed by atoms with Crippen molar-refractivity contribution >= 4 is 32.7 Å². The lowest BCUT2D eigenvalue weighted by molar-refractivity contribution is -0.116. The number of carbonyl (C=O) groups is 1. The van der Waals surface area contributed by atoms with Crippen molar-refractivity contribution < 1.29 is 17.6 Å². The summed E-state index contributed by atoms with van der Waals surface area (Å²) < 4.78 is 34.3. The highest BCUT2D eigenvalue weighted by atomic mass is 32.2. The van der Waals surface area contributed by atoms with E-state index in [1.165, 1.54) is 22.8 Å². The molecule has 2 N–H and O–H groups in total. The standard InChI is InChI=1S/C25H25N3O5S/c1-17(2)19-8-10-20(11-9-19)27-24(29)16-28-22-13-12-21(14-23(22)33-25(28)30)34(31,32)26-15-18-6-4-3-5-7-18/h3-14,17,26H,15-16H2,1-2H3,(H,27,29). The lowest BCUT2D eigenvalue weighted by Crippen LogP contribution is -2.25. The fourth-order valence-electron chi connectivity index (χ4n) is 3.52. The first-order chi connectivity index (χ1) is 16.2. The van der Waals surface area contributed by atoms with E-state index < -0.39 is 21.7 Å². The summed E-state index contributed by atoms with van der Waals surface area (Å²) in [6.45, 7) is 4.03. The van der Waals surface area contributed by atoms with Crippen LogP contribution >= 0.6 is 0 Å². The Labute approximate surface area is 197 Å². The van der Waals surface area contributed by atoms with Gasteiger partial charge in [-0.1, -0.05) is 56.3 Å². The van der Waals surface area contributed by atoms with E-state index in [0.29, 0.717) is 17.1 Å². The van der Waals surface area contributed by atoms with Crippen molar-refractivity contribution in [3.63, 3.8) is 0 Å². The quantitative estimate of drug-likeness (QED) is 0.399. The molecule has 176 valence electrons. The molecule has 4 aromatic rings. The van der Waals surface area contributed by atoms with Gasteiger partial charge >= 0.3 is 5.76 Å². The number of hydrogen-bond donors (Lipinski definition) is 2. The number of sulfonamides is 1. The lowest BCUT2D eigenvalue weighted by atomic mass is 10.0. The number of amides is 1. The second-order valence-corrected chi connectivity index (χ2v) is 9.99. The average molecular weight is 480 g/mol. The average Bonchev–Trinajstić information content (AvgIpc) is 3.13. The number of oxazole rings is 1. The van der Waals surface area contributed by atoms with E-state index in [4.69, 9.17) is 4.42 Å². The first-order valence-electron chi connectivity index (χ1n) is 10.8. The number of hydrogen-bond acceptors (Lipinski definition) is 5. The number of carbonyl (C=O) groups excluding carboxylic acids is 1. The summed E-state index contributed by atoms with van der Waals surface area (Å²) in [7, 11) is -3.83. The van der Waals surface area contributed by atoms with E-state index in [2.05, 4.69) is 23.9 Å². The summed E-state index contributed by atoms with van der Waals surface area (Å²) in [5, 5.41) is 2.76. The van der Waals surface area contributed by atoms with Crippen molar-refractivity contribution in [1.29, 1.82) is 0 Å². The van der Waals surface area contributed by atoms with Gasteiger partial charge in [0.25, 0.3) is 0 Å². The maximum Gasteiger partial charge on any atom is 0.420 e. The Morgan fingerprint density at radius 1 is 1.00 bits per heavy atom. The molecule has 3 aromatic carbocycles. The lowest BCUT2D eigenvalue weighted by Gasteiger charge is -2.09. The summed E-state index contributed by atoms with van der Waals surface area (Å²) in [5.41, 5.74) is 3.00. The smallest absolute Gasteiger partial charge is 0.408 e. The fourth-order valence-corrected chi connectivity index (χ4v) is 4.55. The van der Waals surface area contributed by atoms with E-state index in [0.717, 1.165) is 11.1 Å². The van der Waals surface area contributed by atoms with Crippen LogP contribution in [0.3, 0.4) is 0 Å². The first kappa shape index (κ1) is 23.5. The highest BCUT2D eigenvalue weighted by Gasteiger charge is 2.19. The zero-order valence-corrected chi connectivity index (χ0v) is 19.6. The number of nitrogens with one attached hydrogen (secondary N) is 2. The van der Waals surface area contributed by atoms with E-state index in [1.807, 2.05) is 54.6 Å². The number of nitrogens with zero attached hydrogens (tertiary/aromatic N) is 1. The molecule has 0 radical (unpaired) electrons. The molecule has 0 fully saturated rings. The normalized spacial score (nSPS) is 11.7. The summed E-state index contributed by atoms with van der Waals surface area (Å²) in [6.07, 6.45) is 0. The van der Waals surface area contributed by atoms with Gasteiger partial charge in [-0.2, -0.15) is 0 Å². The summed E-state index contributed by atoms with van der Waals surface area (Å²) in [5.74, 6) is -0.765. The van der Waals surface area contributed by atoms with Gasteiger partial charge in [0, 0.05) is 18.3 Å². The molecule has 4 rings (SSSR count). The summed E-state index contributed by atoms with van der Waals surface area (Å²) >= 11 is 0. The second kappa shape index (κ2) is 9.66. The predicted molar refractivity (Wildman–Crippen MR) is 130 cm³/mol. The van der Waals surface area contributed by atoms with Gasteiger partial charge in [-0.3, -0.25) is 9.36 Å². The van der Waals surface area contributed by atoms with Gasteiger partial charge in [0.1, 0.15) is 6.54 Å². The molecule has 9 heteroatoms. The zero-order chi connectivity index (χ0) is 24.3. The molecule has 0 bridgehead atoms. The minimum atomic E-state index is -3.83. The van der Waals surface area contributed by atoms with Crippen molar-refractivity contribution in [2.24, 2.45) is 0 Å². The Balaban J connectivity index is 1.49. The van der Waals surface area contributed by atoms with Crippen molar-refractivity contribution in [3.05, 3.63) is 94.5 Å². The van der Waals surface area contributed by atoms with Crippen LogP contribution in [0.15, 0.2) is 86.9 Å². The topological polar surface area (TPSA) is 110 Å². The largest absolute Gasteiger partial charge is 0.420 e. The van der Waals surface area contributed by atoms with Gasteiger partial charge < -0.3 is 9.73 Å². The Morgan fingerprint density at radius 3 is 2.38 bits per heavy atom. The van der Waals surface area contributed by atoms with Crippen LogP contribution in [0, 0.1) is 0 Å². The molecule has 0 aliphatic carbocycles. The minimum Gasteiger partial charge on any atom is -0.408 e. The molecule has 1 heterocycles. The molecule has 0 saturated carbocycles. The van der Waals surface area contributed by atoms with E-state index >= 15 is 0 Å². The highest BCUT2D eigenvalue weighted by molar-refractivity contribution is 7.89. The monoisotopic (exact) mass is 479 g/mol. The Morgan fingerprint density at radius 2 is 1.71 bits per heavy atom. The van der Waals surface area contributed by atoms with Crippen molar-refractivity contribution in [3.8, 4) is 0 Å². The Hall–Kier alpha value is -3.69. The van der Waals surface area contributed by atoms with Gasteiger partial charge in [-0.05, 0) is 41.3 Å². The maximum atomic E-state index is 12.7. The van der Waals surface area contributed by atoms with E-state index in [-0.39, 0.29) is 23.6 Å². The van der Waals surface area contributed by atoms with Gasteiger partial charge in [0.05, 0.1) is 10.4 Å². The predicted octanol–water partition coefficient (Wildman–Crippen LogP) is 3.84. The van der Waals surface area contributed by atoms with Crippen molar-refractivity contribution in [1.82, 2.24) is 9.29 Å². The molecule has 1 aromatic heterocycles. The minimum absolute atomic E-state index is 0.0356. The van der Waals surface area contributed by atoms with E-state index in [9.17, 15) is 18.0 Å². The molecule has 0 aliphatic heterocycles. The summed E-state index contributed by atoms with van der Waals surface area (Å²) in [4.78, 5) is 24.9. The summed E-state index contributed by atoms with van der Waals surface area (Å²) in [6, 6.07) is 20.7. The van der Waals surface area contributed by atoms with Gasteiger partial charge in [0.2, 0.25) is 15.9 Å². The third-order valence-electron chi connectivity index (χ3n) is 5.42. The van der Waals surface area contributed by atoms with Crippen molar-refractivity contribution in [2.45, 2.75) is 37.8 Å². The molecule has 0 aliphatic rings. The Bertz CT molecular complexity index is 1470. The van der Waals surface area contributed by atoms with Crippen LogP contribution in [0.25, 0.3) is 11.1 Å². The number of rotatable bonds is 8. The fraction of sp³-hybridized carbons (Fsp3) is 0.200. The molecule has 1 amide bonds. The SMILES string of the molecule is CC(C)c1ccc(NC(=O)Cn2c(=O)oc3cc(S(=O)(=O)NCc4ccccc4)ccc32)cc1. The third-order valence-corrected chi connectivity index (χ3v) is 6.82. The molecule has 0 spiro atoms. The van der Waals surface area contributed by atoms with Gasteiger partial charge in [0.15, 0.2) is 5.58 Å². The van der Waals surface area contributed by atoms with Crippen LogP contribution < -0.4 is 15.8 Å². The zero-order valence-electron chi connectivity index (χ0n) is 18.8. The molecular weight excluding hydrogens is 454 g/mol. The van der Waals surface area contributed by atoms with Gasteiger partial charge in [-0.25, -0.2) is 17.9 Å². The van der Waals surface area contributed by atoms with Crippen LogP contribution in [0.2, 0.25) is 0 Å². The van der Waals surface area contributed by atoms with Gasteiger partial charge in [-0.15, -0.1) is 0 Å². The third kappa shape index (κ3) is 5.27. The molecular formula is C25H25N3O5S. The van der Waals surface area contributed by atoms with Crippen LogP contribution in [0.1, 0.15) is 30.9 Å². The molecule has 0 saturated heterocycles. The van der Waals surface area contributed by atoms with Crippen LogP contribution in [0.4, 0.5) is 5.69 Å². The van der Waals surface area contributed by atoms with Crippen LogP contribution in [-0.4, -0.2) is 18.9 Å².